The lowest BCUT2D eigenvalue weighted by atomic mass is 10.0. The van der Waals surface area contributed by atoms with Gasteiger partial charge < -0.3 is 18.9 Å². The second kappa shape index (κ2) is 75.1. The lowest BCUT2D eigenvalue weighted by molar-refractivity contribution is -0.870. The van der Waals surface area contributed by atoms with Gasteiger partial charge in [-0.1, -0.05) is 352 Å². The highest BCUT2D eigenvalue weighted by atomic mass is 31.2. The molecule has 0 rings (SSSR count). The van der Waals surface area contributed by atoms with E-state index in [4.69, 9.17) is 18.5 Å². The molecule has 0 aromatic rings. The molecular weight excluding hydrogens is 1210 g/mol. The maximum Gasteiger partial charge on any atom is 0.472 e. The fraction of sp³-hybridized carbons (Fsp3) is 0.698. The predicted octanol–water partition coefficient (Wildman–Crippen LogP) is 26.5. The fourth-order valence-electron chi connectivity index (χ4n) is 10.9. The Morgan fingerprint density at radius 1 is 0.323 bits per heavy atom. The average molecular weight is 1360 g/mol. The summed E-state index contributed by atoms with van der Waals surface area (Å²) in [6, 6.07) is 0. The number of esters is 2. The molecular formula is C86H149NO8P+. The van der Waals surface area contributed by atoms with Crippen LogP contribution in [0.4, 0.5) is 0 Å². The zero-order chi connectivity index (χ0) is 69.7. The van der Waals surface area contributed by atoms with Gasteiger partial charge in [0, 0.05) is 12.8 Å². The van der Waals surface area contributed by atoms with E-state index in [0.29, 0.717) is 17.4 Å². The van der Waals surface area contributed by atoms with E-state index >= 15 is 0 Å². The number of hydrogen-bond acceptors (Lipinski definition) is 7. The summed E-state index contributed by atoms with van der Waals surface area (Å²) in [5.74, 6) is -0.793. The number of ether oxygens (including phenoxy) is 2. The average Bonchev–Trinajstić information content (AvgIpc) is 2.72. The standard InChI is InChI=1S/C86H148NO8P/c1-6-8-10-12-14-16-18-20-22-24-26-28-30-32-34-36-38-40-42-43-45-47-49-51-53-55-57-59-61-63-65-67-69-71-73-75-77-79-86(89)95-84(83-94-96(90,91)93-81-80-87(3,4)5)82-92-85(88)78-76-74-72-70-68-66-64-62-60-58-56-54-52-50-48-46-44-41-39-37-35-33-31-29-27-25-23-21-19-17-15-13-11-9-7-2/h8-11,14-17,20-23,26-29,32,34,38,40,43,45,49,51,84H,6-7,12-13,18-19,24-25,30-31,33,35-37,39,41-42,44,46-48,50,52-83H2,1-5H3/p+1/b10-8-,11-9-,16-14-,17-15-,22-20-,23-21-,28-26-,29-27-,34-32-,40-38-,45-43-,51-49-. The summed E-state index contributed by atoms with van der Waals surface area (Å²) in [5, 5.41) is 0. The number of unbranched alkanes of at least 4 members (excludes halogenated alkanes) is 34. The number of hydrogen-bond donors (Lipinski definition) is 1. The predicted molar refractivity (Wildman–Crippen MR) is 417 cm³/mol. The van der Waals surface area contributed by atoms with Crippen molar-refractivity contribution in [3.05, 3.63) is 146 Å². The van der Waals surface area contributed by atoms with E-state index in [2.05, 4.69) is 160 Å². The van der Waals surface area contributed by atoms with Gasteiger partial charge in [-0.15, -0.1) is 0 Å². The summed E-state index contributed by atoms with van der Waals surface area (Å²) >= 11 is 0. The molecule has 0 bridgehead atoms. The van der Waals surface area contributed by atoms with Crippen molar-refractivity contribution in [2.75, 3.05) is 47.5 Å². The lowest BCUT2D eigenvalue weighted by Gasteiger charge is -2.24. The highest BCUT2D eigenvalue weighted by molar-refractivity contribution is 7.47. The Kier molecular flexibility index (Phi) is 71.9. The minimum atomic E-state index is -4.40. The van der Waals surface area contributed by atoms with Crippen molar-refractivity contribution in [1.29, 1.82) is 0 Å². The summed E-state index contributed by atoms with van der Waals surface area (Å²) in [7, 11) is 1.48. The van der Waals surface area contributed by atoms with E-state index < -0.39 is 26.5 Å². The second-order valence-corrected chi connectivity index (χ2v) is 28.8. The van der Waals surface area contributed by atoms with E-state index in [1.165, 1.54) is 186 Å². The molecule has 0 amide bonds. The SMILES string of the molecule is CC/C=C\C/C=C\C/C=C\C/C=C\C/C=C\C/C=C\C/C=C\C/C=C\CCCCCCCCCCCCCCC(=O)OC(COC(=O)CCCCCCCCCCCCCCCCCCCCCCCC/C=C\C/C=C\C/C=C\C/C=C\CC)COP(=O)(O)OCC[N+](C)(C)C. The lowest BCUT2D eigenvalue weighted by Crippen LogP contribution is -2.37. The van der Waals surface area contributed by atoms with Crippen molar-refractivity contribution in [2.24, 2.45) is 0 Å². The van der Waals surface area contributed by atoms with Gasteiger partial charge in [-0.3, -0.25) is 18.6 Å². The molecule has 9 nitrogen and oxygen atoms in total. The molecule has 0 aliphatic carbocycles. The van der Waals surface area contributed by atoms with Crippen molar-refractivity contribution in [3.63, 3.8) is 0 Å². The Bertz CT molecular complexity index is 2140. The van der Waals surface area contributed by atoms with Crippen LogP contribution in [0, 0.1) is 0 Å². The molecule has 1 N–H and O–H groups in total. The smallest absolute Gasteiger partial charge is 0.462 e. The highest BCUT2D eigenvalue weighted by Gasteiger charge is 2.27. The van der Waals surface area contributed by atoms with Gasteiger partial charge in [-0.05, 0) is 116 Å². The number of carbonyl (C=O) groups is 2. The molecule has 0 aliphatic heterocycles. The van der Waals surface area contributed by atoms with Crippen molar-refractivity contribution in [1.82, 2.24) is 0 Å². The number of likely N-dealkylation sites (N-methyl/N-ethyl adjacent to an activating group) is 1. The Hall–Kier alpha value is -4.11. The Balaban J connectivity index is 4.00. The van der Waals surface area contributed by atoms with Gasteiger partial charge in [0.25, 0.3) is 0 Å². The first-order chi connectivity index (χ1) is 47.0. The van der Waals surface area contributed by atoms with E-state index in [1.807, 2.05) is 21.1 Å². The molecule has 550 valence electrons. The molecule has 2 unspecified atom stereocenters. The minimum absolute atomic E-state index is 0.0274. The molecule has 0 radical (unpaired) electrons. The van der Waals surface area contributed by atoms with Crippen molar-refractivity contribution in [2.45, 2.75) is 341 Å². The molecule has 0 aliphatic rings. The summed E-state index contributed by atoms with van der Waals surface area (Å²) in [4.78, 5) is 36.0. The third kappa shape index (κ3) is 78.9. The number of phosphoric acid groups is 1. The highest BCUT2D eigenvalue weighted by Crippen LogP contribution is 2.43. The molecule has 2 atom stereocenters. The number of rotatable bonds is 72. The molecule has 0 spiro atoms. The molecule has 0 aromatic heterocycles. The summed E-state index contributed by atoms with van der Waals surface area (Å²) in [6.07, 6.45) is 111. The molecule has 10 heteroatoms. The van der Waals surface area contributed by atoms with Gasteiger partial charge in [0.15, 0.2) is 6.10 Å². The van der Waals surface area contributed by atoms with Crippen molar-refractivity contribution in [3.8, 4) is 0 Å². The van der Waals surface area contributed by atoms with Gasteiger partial charge in [0.1, 0.15) is 19.8 Å². The first-order valence-corrected chi connectivity index (χ1v) is 41.1. The number of carbonyl (C=O) groups excluding carboxylic acids is 2. The Morgan fingerprint density at radius 2 is 0.562 bits per heavy atom. The van der Waals surface area contributed by atoms with Gasteiger partial charge in [0.05, 0.1) is 27.7 Å². The van der Waals surface area contributed by atoms with Crippen LogP contribution >= 0.6 is 7.82 Å². The number of allylic oxidation sites excluding steroid dienone is 24. The van der Waals surface area contributed by atoms with Gasteiger partial charge >= 0.3 is 19.8 Å². The zero-order valence-electron chi connectivity index (χ0n) is 62.8. The second-order valence-electron chi connectivity index (χ2n) is 27.3. The molecule has 0 heterocycles. The van der Waals surface area contributed by atoms with Crippen LogP contribution in [0.2, 0.25) is 0 Å². The van der Waals surface area contributed by atoms with Crippen LogP contribution in [0.15, 0.2) is 146 Å². The van der Waals surface area contributed by atoms with Gasteiger partial charge in [-0.2, -0.15) is 0 Å². The van der Waals surface area contributed by atoms with Crippen LogP contribution in [0.25, 0.3) is 0 Å². The van der Waals surface area contributed by atoms with Crippen LogP contribution in [0.5, 0.6) is 0 Å². The molecule has 0 saturated heterocycles. The van der Waals surface area contributed by atoms with Crippen LogP contribution < -0.4 is 0 Å². The van der Waals surface area contributed by atoms with Crippen molar-refractivity contribution >= 4 is 19.8 Å². The third-order valence-corrected chi connectivity index (χ3v) is 17.8. The quantitative estimate of drug-likeness (QED) is 0.0211. The third-order valence-electron chi connectivity index (χ3n) is 16.9. The monoisotopic (exact) mass is 1360 g/mol. The van der Waals surface area contributed by atoms with Crippen LogP contribution in [0.1, 0.15) is 335 Å². The maximum atomic E-state index is 12.9. The van der Waals surface area contributed by atoms with Crippen LogP contribution in [0.3, 0.4) is 0 Å². The van der Waals surface area contributed by atoms with Crippen LogP contribution in [-0.2, 0) is 32.7 Å². The Labute approximate surface area is 593 Å². The van der Waals surface area contributed by atoms with E-state index in [1.54, 1.807) is 0 Å². The summed E-state index contributed by atoms with van der Waals surface area (Å²) in [6.45, 7) is 4.23. The molecule has 0 fully saturated rings. The fourth-order valence-corrected chi connectivity index (χ4v) is 11.7. The largest absolute Gasteiger partial charge is 0.472 e. The topological polar surface area (TPSA) is 108 Å². The zero-order valence-corrected chi connectivity index (χ0v) is 63.7. The number of phosphoric ester groups is 1. The van der Waals surface area contributed by atoms with Crippen molar-refractivity contribution < 1.29 is 42.1 Å². The van der Waals surface area contributed by atoms with Gasteiger partial charge in [0.2, 0.25) is 0 Å². The maximum absolute atomic E-state index is 12.9. The Morgan fingerprint density at radius 3 is 0.833 bits per heavy atom. The molecule has 0 aromatic carbocycles. The normalized spacial score (nSPS) is 13.9. The first-order valence-electron chi connectivity index (χ1n) is 39.6. The summed E-state index contributed by atoms with van der Waals surface area (Å²) < 4.78 is 34.8. The first kappa shape index (κ1) is 91.9. The number of nitrogens with zero attached hydrogens (tertiary/aromatic N) is 1. The minimum Gasteiger partial charge on any atom is -0.462 e. The molecule has 0 saturated carbocycles. The van der Waals surface area contributed by atoms with E-state index in [9.17, 15) is 19.0 Å². The number of quaternary nitrogens is 1. The molecule has 96 heavy (non-hydrogen) atoms. The van der Waals surface area contributed by atoms with Crippen LogP contribution in [-0.4, -0.2) is 74.9 Å². The van der Waals surface area contributed by atoms with E-state index in [0.717, 1.165) is 116 Å². The van der Waals surface area contributed by atoms with E-state index in [-0.39, 0.29) is 32.0 Å². The summed E-state index contributed by atoms with van der Waals surface area (Å²) in [5.41, 5.74) is 0. The van der Waals surface area contributed by atoms with Gasteiger partial charge in [-0.25, -0.2) is 4.57 Å².